The van der Waals surface area contributed by atoms with Crippen LogP contribution in [0.3, 0.4) is 0 Å². The van der Waals surface area contributed by atoms with Gasteiger partial charge in [-0.3, -0.25) is 4.99 Å². The Labute approximate surface area is 206 Å². The predicted octanol–water partition coefficient (Wildman–Crippen LogP) is 8.15. The number of aromatic hydroxyl groups is 1. The lowest BCUT2D eigenvalue weighted by atomic mass is 9.86. The van der Waals surface area contributed by atoms with Crippen LogP contribution in [0.1, 0.15) is 27.8 Å². The summed E-state index contributed by atoms with van der Waals surface area (Å²) in [5, 5.41) is 10.0. The number of aliphatic imine (C=N–C) groups is 1. The zero-order chi connectivity index (χ0) is 23.9. The highest BCUT2D eigenvalue weighted by atomic mass is 16.3. The molecule has 0 saturated carbocycles. The Hall–Kier alpha value is -4.69. The minimum atomic E-state index is 0.220. The number of phenols is 1. The Balaban J connectivity index is 1.65. The first-order valence-electron chi connectivity index (χ1n) is 11.6. The lowest BCUT2D eigenvalue weighted by Crippen LogP contribution is -1.97. The molecule has 0 amide bonds. The van der Waals surface area contributed by atoms with Gasteiger partial charge in [-0.25, -0.2) is 0 Å². The molecule has 2 heteroatoms. The van der Waals surface area contributed by atoms with Crippen LogP contribution in [0.5, 0.6) is 5.75 Å². The van der Waals surface area contributed by atoms with Gasteiger partial charge in [-0.05, 0) is 57.7 Å². The molecule has 0 saturated heterocycles. The topological polar surface area (TPSA) is 32.6 Å². The molecule has 0 bridgehead atoms. The van der Waals surface area contributed by atoms with Crippen LogP contribution in [0, 0.1) is 0 Å². The van der Waals surface area contributed by atoms with Crippen molar-refractivity contribution in [1.29, 1.82) is 0 Å². The fraction of sp³-hybridized carbons (Fsp3) is 0. The van der Waals surface area contributed by atoms with Crippen LogP contribution >= 0.6 is 0 Å². The summed E-state index contributed by atoms with van der Waals surface area (Å²) < 4.78 is 0. The third-order valence-corrected chi connectivity index (χ3v) is 5.88. The van der Waals surface area contributed by atoms with Gasteiger partial charge >= 0.3 is 0 Å². The van der Waals surface area contributed by atoms with Gasteiger partial charge in [-0.15, -0.1) is 0 Å². The zero-order valence-corrected chi connectivity index (χ0v) is 19.3. The van der Waals surface area contributed by atoms with E-state index in [1.165, 1.54) is 22.3 Å². The van der Waals surface area contributed by atoms with Crippen LogP contribution in [0.15, 0.2) is 145 Å². The molecule has 5 aromatic carbocycles. The average Bonchev–Trinajstić information content (AvgIpc) is 2.93. The van der Waals surface area contributed by atoms with E-state index < -0.39 is 0 Å². The first-order valence-corrected chi connectivity index (χ1v) is 11.6. The summed E-state index contributed by atoms with van der Waals surface area (Å²) in [5.74, 6) is 0.220. The smallest absolute Gasteiger partial charge is 0.124 e. The SMILES string of the molecule is Oc1ccccc1/C=N/c1ccc(C(=C(c2ccccc2)c2ccccc2)c2ccccc2)cc1. The average molecular weight is 452 g/mol. The van der Waals surface area contributed by atoms with E-state index in [-0.39, 0.29) is 5.75 Å². The minimum Gasteiger partial charge on any atom is -0.507 e. The van der Waals surface area contributed by atoms with Crippen LogP contribution in [-0.2, 0) is 0 Å². The van der Waals surface area contributed by atoms with Crippen LogP contribution in [0.4, 0.5) is 5.69 Å². The maximum Gasteiger partial charge on any atom is 0.124 e. The normalized spacial score (nSPS) is 10.9. The van der Waals surface area contributed by atoms with E-state index in [0.717, 1.165) is 16.8 Å². The second-order valence-corrected chi connectivity index (χ2v) is 8.21. The van der Waals surface area contributed by atoms with Crippen molar-refractivity contribution >= 4 is 23.0 Å². The van der Waals surface area contributed by atoms with Gasteiger partial charge in [-0.2, -0.15) is 0 Å². The van der Waals surface area contributed by atoms with Crippen molar-refractivity contribution in [3.8, 4) is 5.75 Å². The summed E-state index contributed by atoms with van der Waals surface area (Å²) in [6.07, 6.45) is 1.69. The Morgan fingerprint density at radius 3 is 1.31 bits per heavy atom. The van der Waals surface area contributed by atoms with E-state index in [2.05, 4.69) is 89.9 Å². The second-order valence-electron chi connectivity index (χ2n) is 8.21. The summed E-state index contributed by atoms with van der Waals surface area (Å²) in [5.41, 5.74) is 8.46. The van der Waals surface area contributed by atoms with Gasteiger partial charge in [0.2, 0.25) is 0 Å². The molecule has 0 spiro atoms. The van der Waals surface area contributed by atoms with Crippen molar-refractivity contribution in [1.82, 2.24) is 0 Å². The van der Waals surface area contributed by atoms with E-state index >= 15 is 0 Å². The van der Waals surface area contributed by atoms with E-state index in [9.17, 15) is 5.11 Å². The Morgan fingerprint density at radius 1 is 0.457 bits per heavy atom. The zero-order valence-electron chi connectivity index (χ0n) is 19.3. The van der Waals surface area contributed by atoms with E-state index in [0.29, 0.717) is 5.56 Å². The molecule has 168 valence electrons. The first kappa shape index (κ1) is 22.1. The highest BCUT2D eigenvalue weighted by molar-refractivity contribution is 6.04. The summed E-state index contributed by atoms with van der Waals surface area (Å²) in [7, 11) is 0. The molecule has 0 aliphatic heterocycles. The standard InChI is InChI=1S/C33H25NO/c35-31-19-11-10-18-29(31)24-34-30-22-20-28(21-23-30)33(27-16-8-3-9-17-27)32(25-12-4-1-5-13-25)26-14-6-2-7-15-26/h1-24,35H/b34-24+. The molecule has 0 aliphatic carbocycles. The van der Waals surface area contributed by atoms with Crippen LogP contribution in [0.2, 0.25) is 0 Å². The highest BCUT2D eigenvalue weighted by Crippen LogP contribution is 2.37. The molecular weight excluding hydrogens is 426 g/mol. The van der Waals surface area contributed by atoms with Gasteiger partial charge in [0.15, 0.2) is 0 Å². The summed E-state index contributed by atoms with van der Waals surface area (Å²) in [6, 6.07) is 47.0. The van der Waals surface area contributed by atoms with Crippen molar-refractivity contribution in [2.24, 2.45) is 4.99 Å². The number of benzene rings is 5. The summed E-state index contributed by atoms with van der Waals surface area (Å²) in [6.45, 7) is 0. The van der Waals surface area contributed by atoms with Gasteiger partial charge in [-0.1, -0.05) is 115 Å². The molecule has 0 atom stereocenters. The number of phenolic OH excluding ortho intramolecular Hbond substituents is 1. The number of hydrogen-bond donors (Lipinski definition) is 1. The first-order chi connectivity index (χ1) is 17.3. The molecule has 5 rings (SSSR count). The van der Waals surface area contributed by atoms with Crippen molar-refractivity contribution in [2.45, 2.75) is 0 Å². The maximum absolute atomic E-state index is 10.0. The van der Waals surface area contributed by atoms with E-state index in [1.54, 1.807) is 18.3 Å². The molecule has 0 unspecified atom stereocenters. The molecular formula is C33H25NO. The van der Waals surface area contributed by atoms with Crippen molar-refractivity contribution in [3.05, 3.63) is 167 Å². The Morgan fingerprint density at radius 2 is 0.857 bits per heavy atom. The number of nitrogens with zero attached hydrogens (tertiary/aromatic N) is 1. The van der Waals surface area contributed by atoms with Gasteiger partial charge in [0.1, 0.15) is 5.75 Å². The molecule has 35 heavy (non-hydrogen) atoms. The van der Waals surface area contributed by atoms with Crippen LogP contribution in [-0.4, -0.2) is 11.3 Å². The lowest BCUT2D eigenvalue weighted by molar-refractivity contribution is 0.474. The molecule has 0 heterocycles. The van der Waals surface area contributed by atoms with E-state index in [4.69, 9.17) is 0 Å². The fourth-order valence-electron chi connectivity index (χ4n) is 4.18. The summed E-state index contributed by atoms with van der Waals surface area (Å²) in [4.78, 5) is 4.57. The number of para-hydroxylation sites is 1. The third-order valence-electron chi connectivity index (χ3n) is 5.88. The van der Waals surface area contributed by atoms with Crippen molar-refractivity contribution in [3.63, 3.8) is 0 Å². The fourth-order valence-corrected chi connectivity index (χ4v) is 4.18. The molecule has 1 N–H and O–H groups in total. The second kappa shape index (κ2) is 10.5. The van der Waals surface area contributed by atoms with Gasteiger partial charge in [0.25, 0.3) is 0 Å². The van der Waals surface area contributed by atoms with Crippen LogP contribution in [0.25, 0.3) is 11.1 Å². The lowest BCUT2D eigenvalue weighted by Gasteiger charge is -2.18. The molecule has 5 aromatic rings. The highest BCUT2D eigenvalue weighted by Gasteiger charge is 2.15. The molecule has 2 nitrogen and oxygen atoms in total. The molecule has 0 aliphatic rings. The van der Waals surface area contributed by atoms with Crippen LogP contribution < -0.4 is 0 Å². The van der Waals surface area contributed by atoms with Crippen molar-refractivity contribution in [2.75, 3.05) is 0 Å². The quantitative estimate of drug-likeness (QED) is 0.205. The summed E-state index contributed by atoms with van der Waals surface area (Å²) >= 11 is 0. The predicted molar refractivity (Wildman–Crippen MR) is 146 cm³/mol. The number of hydrogen-bond acceptors (Lipinski definition) is 2. The molecule has 0 aromatic heterocycles. The monoisotopic (exact) mass is 451 g/mol. The van der Waals surface area contributed by atoms with Gasteiger partial charge in [0, 0.05) is 11.8 Å². The largest absolute Gasteiger partial charge is 0.507 e. The van der Waals surface area contributed by atoms with Crippen molar-refractivity contribution < 1.29 is 5.11 Å². The third kappa shape index (κ3) is 5.13. The number of rotatable bonds is 6. The van der Waals surface area contributed by atoms with Gasteiger partial charge < -0.3 is 5.11 Å². The van der Waals surface area contributed by atoms with Gasteiger partial charge in [0.05, 0.1) is 5.69 Å². The van der Waals surface area contributed by atoms with E-state index in [1.807, 2.05) is 42.5 Å². The Bertz CT molecular complexity index is 1410. The molecule has 0 fully saturated rings. The minimum absolute atomic E-state index is 0.220. The maximum atomic E-state index is 10.0. The Kier molecular flexibility index (Phi) is 6.63. The molecule has 0 radical (unpaired) electrons.